The molecule has 0 radical (unpaired) electrons. The normalized spacial score (nSPS) is 29.6. The van der Waals surface area contributed by atoms with E-state index >= 15 is 0 Å². The summed E-state index contributed by atoms with van der Waals surface area (Å²) in [5.41, 5.74) is -0.828. The molecule has 0 aromatic carbocycles. The van der Waals surface area contributed by atoms with Crippen molar-refractivity contribution in [2.75, 3.05) is 68.6 Å². The average Bonchev–Trinajstić information content (AvgIpc) is 3.64. The Hall–Kier alpha value is -2.85. The average molecular weight is 665 g/mol. The molecule has 5 fully saturated rings. The Balaban J connectivity index is 0.000000288. The van der Waals surface area contributed by atoms with E-state index in [-0.39, 0.29) is 59.7 Å². The van der Waals surface area contributed by atoms with Gasteiger partial charge < -0.3 is 47.4 Å². The van der Waals surface area contributed by atoms with Crippen LogP contribution in [0.3, 0.4) is 0 Å². The summed E-state index contributed by atoms with van der Waals surface area (Å²) in [7, 11) is 7.62. The minimum atomic E-state index is -0.667. The van der Waals surface area contributed by atoms with Gasteiger partial charge in [0.15, 0.2) is 30.0 Å². The monoisotopic (exact) mass is 664 g/mol. The van der Waals surface area contributed by atoms with Crippen LogP contribution in [0.15, 0.2) is 0 Å². The Morgan fingerprint density at radius 2 is 1.04 bits per heavy atom. The Kier molecular flexibility index (Phi) is 18.9. The van der Waals surface area contributed by atoms with Gasteiger partial charge in [0.05, 0.1) is 33.0 Å². The van der Waals surface area contributed by atoms with Crippen molar-refractivity contribution in [1.29, 1.82) is 0 Å². The second-order valence-electron chi connectivity index (χ2n) is 11.6. The lowest BCUT2D eigenvalue weighted by Crippen LogP contribution is -2.32. The number of carbonyl (C=O) groups is 5. The van der Waals surface area contributed by atoms with Crippen LogP contribution >= 0.6 is 0 Å². The zero-order valence-corrected chi connectivity index (χ0v) is 28.4. The third kappa shape index (κ3) is 13.5. The van der Waals surface area contributed by atoms with E-state index in [0.717, 1.165) is 32.1 Å². The number of carbonyl (C=O) groups excluding carboxylic acids is 5. The van der Waals surface area contributed by atoms with Gasteiger partial charge in [-0.05, 0) is 39.0 Å². The molecule has 5 atom stereocenters. The largest absolute Gasteiger partial charge is 0.464 e. The van der Waals surface area contributed by atoms with E-state index in [1.54, 1.807) is 6.92 Å². The predicted molar refractivity (Wildman–Crippen MR) is 159 cm³/mol. The molecule has 0 aromatic rings. The van der Waals surface area contributed by atoms with Crippen molar-refractivity contribution < 1.29 is 71.3 Å². The highest BCUT2D eigenvalue weighted by Gasteiger charge is 2.43. The van der Waals surface area contributed by atoms with Gasteiger partial charge in [0.1, 0.15) is 0 Å². The van der Waals surface area contributed by atoms with Crippen LogP contribution in [-0.2, 0) is 71.3 Å². The Labute approximate surface area is 271 Å². The molecule has 5 aliphatic rings. The van der Waals surface area contributed by atoms with Gasteiger partial charge in [-0.3, -0.25) is 0 Å². The molecule has 15 heteroatoms. The van der Waals surface area contributed by atoms with Crippen molar-refractivity contribution in [3.8, 4) is 0 Å². The third-order valence-electron chi connectivity index (χ3n) is 7.67. The molecular formula is C31H52O15. The van der Waals surface area contributed by atoms with Crippen LogP contribution in [0.1, 0.15) is 65.7 Å². The number of ether oxygens (including phenoxy) is 10. The molecule has 0 spiro atoms. The quantitative estimate of drug-likeness (QED) is 0.307. The molecule has 5 aliphatic heterocycles. The fourth-order valence-corrected chi connectivity index (χ4v) is 4.51. The van der Waals surface area contributed by atoms with Crippen molar-refractivity contribution in [3.63, 3.8) is 0 Å². The zero-order valence-electron chi connectivity index (χ0n) is 28.4. The van der Waals surface area contributed by atoms with E-state index < -0.39 is 5.60 Å². The van der Waals surface area contributed by atoms with E-state index in [1.807, 2.05) is 13.8 Å². The first-order valence-corrected chi connectivity index (χ1v) is 15.3. The van der Waals surface area contributed by atoms with Crippen molar-refractivity contribution in [3.05, 3.63) is 0 Å². The van der Waals surface area contributed by atoms with Crippen molar-refractivity contribution >= 4 is 29.8 Å². The number of esters is 5. The summed E-state index contributed by atoms with van der Waals surface area (Å²) < 4.78 is 48.0. The van der Waals surface area contributed by atoms with Crippen LogP contribution in [-0.4, -0.2) is 128 Å². The predicted octanol–water partition coefficient (Wildman–Crippen LogP) is 1.94. The number of hydrogen-bond donors (Lipinski definition) is 0. The van der Waals surface area contributed by atoms with Gasteiger partial charge in [-0.25, -0.2) is 24.0 Å². The maximum absolute atomic E-state index is 10.9. The third-order valence-corrected chi connectivity index (χ3v) is 7.67. The molecule has 0 aromatic heterocycles. The lowest BCUT2D eigenvalue weighted by Gasteiger charge is -2.19. The summed E-state index contributed by atoms with van der Waals surface area (Å²) in [5, 5.41) is 0. The molecule has 0 aliphatic carbocycles. The zero-order chi connectivity index (χ0) is 34.8. The molecule has 15 nitrogen and oxygen atoms in total. The number of methoxy groups -OCH3 is 5. The SMILES string of the molecule is COC1(C)CCOC1=O.COC1C(=O)OCC1(C)C.COC1CCCCOC1=O.COC1CCCOC1=O.COC1CCOC1=O. The van der Waals surface area contributed by atoms with Gasteiger partial charge >= 0.3 is 29.8 Å². The van der Waals surface area contributed by atoms with Crippen LogP contribution < -0.4 is 0 Å². The van der Waals surface area contributed by atoms with Crippen LogP contribution in [0.2, 0.25) is 0 Å². The minimum absolute atomic E-state index is 0.161. The minimum Gasteiger partial charge on any atom is -0.464 e. The van der Waals surface area contributed by atoms with E-state index in [2.05, 4.69) is 4.74 Å². The van der Waals surface area contributed by atoms with E-state index in [9.17, 15) is 24.0 Å². The molecule has 0 bridgehead atoms. The second kappa shape index (κ2) is 21.1. The molecule has 46 heavy (non-hydrogen) atoms. The summed E-state index contributed by atoms with van der Waals surface area (Å²) in [5.74, 6) is -1.14. The fraction of sp³-hybridized carbons (Fsp3) is 0.839. The van der Waals surface area contributed by atoms with Gasteiger partial charge in [0, 0.05) is 53.8 Å². The second-order valence-corrected chi connectivity index (χ2v) is 11.6. The van der Waals surface area contributed by atoms with E-state index in [1.165, 1.54) is 35.5 Å². The number of cyclic esters (lactones) is 5. The molecule has 266 valence electrons. The molecule has 0 N–H and O–H groups in total. The molecule has 5 unspecified atom stereocenters. The Morgan fingerprint density at radius 1 is 0.543 bits per heavy atom. The van der Waals surface area contributed by atoms with Crippen LogP contribution in [0.4, 0.5) is 0 Å². The highest BCUT2D eigenvalue weighted by atomic mass is 16.6. The molecular weight excluding hydrogens is 612 g/mol. The smallest absolute Gasteiger partial charge is 0.338 e. The first-order chi connectivity index (χ1) is 21.8. The van der Waals surface area contributed by atoms with Crippen LogP contribution in [0.25, 0.3) is 0 Å². The van der Waals surface area contributed by atoms with Crippen molar-refractivity contribution in [2.24, 2.45) is 5.41 Å². The Morgan fingerprint density at radius 3 is 1.39 bits per heavy atom. The van der Waals surface area contributed by atoms with E-state index in [4.69, 9.17) is 42.6 Å². The summed E-state index contributed by atoms with van der Waals surface area (Å²) in [6.07, 6.45) is 4.58. The summed E-state index contributed by atoms with van der Waals surface area (Å²) in [4.78, 5) is 53.7. The van der Waals surface area contributed by atoms with Gasteiger partial charge in [0.25, 0.3) is 0 Å². The highest BCUT2D eigenvalue weighted by molar-refractivity contribution is 5.80. The van der Waals surface area contributed by atoms with Crippen LogP contribution in [0.5, 0.6) is 0 Å². The molecule has 5 heterocycles. The summed E-state index contributed by atoms with van der Waals surface area (Å²) in [6, 6.07) is 0. The van der Waals surface area contributed by atoms with Gasteiger partial charge in [0.2, 0.25) is 0 Å². The number of hydrogen-bond acceptors (Lipinski definition) is 15. The van der Waals surface area contributed by atoms with Gasteiger partial charge in [-0.15, -0.1) is 0 Å². The molecule has 0 amide bonds. The lowest BCUT2D eigenvalue weighted by atomic mass is 9.90. The fourth-order valence-electron chi connectivity index (χ4n) is 4.51. The summed E-state index contributed by atoms with van der Waals surface area (Å²) in [6.45, 7) is 8.21. The number of rotatable bonds is 5. The topological polar surface area (TPSA) is 178 Å². The molecule has 5 saturated heterocycles. The maximum Gasteiger partial charge on any atom is 0.338 e. The van der Waals surface area contributed by atoms with Crippen LogP contribution in [0, 0.1) is 5.41 Å². The van der Waals surface area contributed by atoms with Crippen molar-refractivity contribution in [1.82, 2.24) is 0 Å². The maximum atomic E-state index is 10.9. The molecule has 5 rings (SSSR count). The standard InChI is InChI=1S/2C7H12O3.2C6H10O3.C5H8O3/c1-7(2)4-10-6(8)5(7)9-3;1-9-6-4-2-3-5-10-7(6)8;1-6(8-2)3-4-9-5(6)7;1-8-5-3-2-4-9-6(5)7;1-7-4-2-3-8-5(4)6/h5H,4H2,1-3H3;6H,2-5H2,1H3;3-4H2,1-2H3;5H,2-4H2,1H3;4H,2-3H2,1H3. The van der Waals surface area contributed by atoms with Crippen molar-refractivity contribution in [2.45, 2.75) is 95.7 Å². The molecule has 0 saturated carbocycles. The van der Waals surface area contributed by atoms with E-state index in [0.29, 0.717) is 45.9 Å². The van der Waals surface area contributed by atoms with Gasteiger partial charge in [-0.1, -0.05) is 13.8 Å². The van der Waals surface area contributed by atoms with Gasteiger partial charge in [-0.2, -0.15) is 0 Å². The first kappa shape index (κ1) is 41.2. The summed E-state index contributed by atoms with van der Waals surface area (Å²) >= 11 is 0. The first-order valence-electron chi connectivity index (χ1n) is 15.3. The highest BCUT2D eigenvalue weighted by Crippen LogP contribution is 2.30. The Bertz CT molecular complexity index is 962. The lowest BCUT2D eigenvalue weighted by molar-refractivity contribution is -0.161.